The van der Waals surface area contributed by atoms with E-state index in [0.717, 1.165) is 28.2 Å². The van der Waals surface area contributed by atoms with E-state index < -0.39 is 16.9 Å². The van der Waals surface area contributed by atoms with E-state index in [1.165, 1.54) is 12.1 Å². The zero-order valence-electron chi connectivity index (χ0n) is 17.7. The largest absolute Gasteiger partial charge is 0.358 e. The van der Waals surface area contributed by atoms with Crippen LogP contribution in [-0.2, 0) is 17.8 Å². The minimum absolute atomic E-state index is 0.0501. The van der Waals surface area contributed by atoms with Crippen LogP contribution in [0.15, 0.2) is 42.5 Å². The molecular weight excluding hydrogens is 432 g/mol. The van der Waals surface area contributed by atoms with Crippen LogP contribution >= 0.6 is 11.6 Å². The van der Waals surface area contributed by atoms with Gasteiger partial charge in [0.25, 0.3) is 11.6 Å². The first-order valence-electron chi connectivity index (χ1n) is 10.4. The van der Waals surface area contributed by atoms with Gasteiger partial charge in [0.1, 0.15) is 11.1 Å². The lowest BCUT2D eigenvalue weighted by atomic mass is 9.99. The summed E-state index contributed by atoms with van der Waals surface area (Å²) in [6.07, 6.45) is 0.706. The monoisotopic (exact) mass is 454 g/mol. The Morgan fingerprint density at radius 1 is 1.22 bits per heavy atom. The highest BCUT2D eigenvalue weighted by atomic mass is 35.5. The summed E-state index contributed by atoms with van der Waals surface area (Å²) in [6, 6.07) is 11.1. The lowest BCUT2D eigenvalue weighted by Crippen LogP contribution is -2.52. The van der Waals surface area contributed by atoms with Gasteiger partial charge >= 0.3 is 0 Å². The molecule has 2 heterocycles. The van der Waals surface area contributed by atoms with Crippen LogP contribution in [0.3, 0.4) is 0 Å². The molecule has 2 N–H and O–H groups in total. The summed E-state index contributed by atoms with van der Waals surface area (Å²) >= 11 is 5.84. The first-order valence-corrected chi connectivity index (χ1v) is 10.8. The summed E-state index contributed by atoms with van der Waals surface area (Å²) in [5.74, 6) is -0.896. The highest BCUT2D eigenvalue weighted by Gasteiger charge is 2.32. The van der Waals surface area contributed by atoms with Crippen molar-refractivity contribution in [1.82, 2.24) is 15.2 Å². The highest BCUT2D eigenvalue weighted by Crippen LogP contribution is 2.28. The summed E-state index contributed by atoms with van der Waals surface area (Å²) in [5, 5.41) is 15.0. The number of para-hydroxylation sites is 1. The first-order chi connectivity index (χ1) is 15.3. The number of halogens is 1. The number of nitrogens with zero attached hydrogens (tertiary/aromatic N) is 2. The van der Waals surface area contributed by atoms with E-state index in [2.05, 4.69) is 10.3 Å². The van der Waals surface area contributed by atoms with Crippen LogP contribution in [0.25, 0.3) is 10.9 Å². The summed E-state index contributed by atoms with van der Waals surface area (Å²) < 4.78 is 0. The maximum absolute atomic E-state index is 13.4. The van der Waals surface area contributed by atoms with Crippen molar-refractivity contribution in [1.29, 1.82) is 0 Å². The lowest BCUT2D eigenvalue weighted by molar-refractivity contribution is -0.384. The Labute approximate surface area is 189 Å². The smallest absolute Gasteiger partial charge is 0.288 e. The van der Waals surface area contributed by atoms with Gasteiger partial charge in [-0.2, -0.15) is 0 Å². The van der Waals surface area contributed by atoms with E-state index in [1.807, 2.05) is 38.1 Å². The molecule has 8 nitrogen and oxygen atoms in total. The Kier molecular flexibility index (Phi) is 5.88. The van der Waals surface area contributed by atoms with Gasteiger partial charge in [0.15, 0.2) is 0 Å². The molecule has 0 bridgehead atoms. The molecule has 166 valence electrons. The van der Waals surface area contributed by atoms with Gasteiger partial charge in [-0.1, -0.05) is 43.6 Å². The number of hydrogen-bond donors (Lipinski definition) is 2. The number of H-pyrrole nitrogens is 1. The summed E-state index contributed by atoms with van der Waals surface area (Å²) in [4.78, 5) is 41.9. The molecule has 1 atom stereocenters. The van der Waals surface area contributed by atoms with Crippen LogP contribution in [0.4, 0.5) is 5.69 Å². The van der Waals surface area contributed by atoms with Crippen LogP contribution in [0, 0.1) is 16.0 Å². The first kappa shape index (κ1) is 21.8. The average Bonchev–Trinajstić information content (AvgIpc) is 3.14. The fourth-order valence-electron chi connectivity index (χ4n) is 4.08. The van der Waals surface area contributed by atoms with Crippen molar-refractivity contribution in [2.24, 2.45) is 5.92 Å². The molecule has 0 aliphatic carbocycles. The third kappa shape index (κ3) is 4.05. The molecule has 0 radical (unpaired) electrons. The van der Waals surface area contributed by atoms with E-state index in [9.17, 15) is 19.7 Å². The fourth-order valence-corrected chi connectivity index (χ4v) is 4.27. The van der Waals surface area contributed by atoms with Crippen molar-refractivity contribution in [3.63, 3.8) is 0 Å². The summed E-state index contributed by atoms with van der Waals surface area (Å²) in [5.41, 5.74) is 3.01. The van der Waals surface area contributed by atoms with Crippen LogP contribution < -0.4 is 5.32 Å². The van der Waals surface area contributed by atoms with E-state index >= 15 is 0 Å². The predicted octanol–water partition coefficient (Wildman–Crippen LogP) is 4.07. The molecule has 2 aromatic carbocycles. The molecule has 0 spiro atoms. The Morgan fingerprint density at radius 2 is 1.97 bits per heavy atom. The number of amides is 2. The molecule has 0 saturated heterocycles. The number of nitrogens with one attached hydrogen (secondary N) is 2. The summed E-state index contributed by atoms with van der Waals surface area (Å²) in [6.45, 7) is 4.72. The summed E-state index contributed by atoms with van der Waals surface area (Å²) in [7, 11) is 0. The van der Waals surface area contributed by atoms with E-state index in [1.54, 1.807) is 4.90 Å². The van der Waals surface area contributed by atoms with Gasteiger partial charge in [-0.3, -0.25) is 19.7 Å². The second-order valence-electron chi connectivity index (χ2n) is 8.26. The van der Waals surface area contributed by atoms with Crippen molar-refractivity contribution in [3.05, 3.63) is 74.4 Å². The van der Waals surface area contributed by atoms with Crippen molar-refractivity contribution in [2.75, 3.05) is 6.54 Å². The molecule has 0 fully saturated rings. The van der Waals surface area contributed by atoms with Gasteiger partial charge in [0.05, 0.1) is 4.92 Å². The van der Waals surface area contributed by atoms with Crippen LogP contribution in [0.2, 0.25) is 5.02 Å². The standard InChI is InChI=1S/C23H23ClN4O4/c1-13(2)21(26-22(29)14-7-8-17(24)20(11-14)28(31)32)23(30)27-10-9-19-16(12-27)15-5-3-4-6-18(15)25-19/h3-8,11,13,21,25H,9-10,12H2,1-2H3,(H,26,29)/t21-/m0/s1. The van der Waals surface area contributed by atoms with Crippen LogP contribution in [-0.4, -0.2) is 39.2 Å². The van der Waals surface area contributed by atoms with Gasteiger partial charge < -0.3 is 15.2 Å². The quantitative estimate of drug-likeness (QED) is 0.447. The molecular formula is C23H23ClN4O4. The number of carbonyl (C=O) groups excluding carboxylic acids is 2. The van der Waals surface area contributed by atoms with Crippen molar-refractivity contribution in [2.45, 2.75) is 32.9 Å². The third-order valence-corrected chi connectivity index (χ3v) is 6.14. The second kappa shape index (κ2) is 8.63. The van der Waals surface area contributed by atoms with E-state index in [-0.39, 0.29) is 28.1 Å². The topological polar surface area (TPSA) is 108 Å². The number of nitro groups is 1. The maximum Gasteiger partial charge on any atom is 0.288 e. The Bertz CT molecular complexity index is 1220. The number of rotatable bonds is 5. The minimum atomic E-state index is -0.760. The zero-order valence-corrected chi connectivity index (χ0v) is 18.5. The number of hydrogen-bond acceptors (Lipinski definition) is 4. The van der Waals surface area contributed by atoms with Gasteiger partial charge in [-0.25, -0.2) is 0 Å². The highest BCUT2D eigenvalue weighted by molar-refractivity contribution is 6.32. The van der Waals surface area contributed by atoms with Crippen molar-refractivity contribution >= 4 is 40.0 Å². The molecule has 3 aromatic rings. The zero-order chi connectivity index (χ0) is 23.0. The lowest BCUT2D eigenvalue weighted by Gasteiger charge is -2.32. The number of benzene rings is 2. The molecule has 1 aliphatic rings. The molecule has 1 aliphatic heterocycles. The number of nitro benzene ring substituents is 1. The van der Waals surface area contributed by atoms with Crippen molar-refractivity contribution < 1.29 is 14.5 Å². The molecule has 9 heteroatoms. The number of fused-ring (bicyclic) bond motifs is 3. The van der Waals surface area contributed by atoms with Gasteiger partial charge in [-0.15, -0.1) is 0 Å². The van der Waals surface area contributed by atoms with Gasteiger partial charge in [0, 0.05) is 53.3 Å². The number of aromatic nitrogens is 1. The van der Waals surface area contributed by atoms with Gasteiger partial charge in [0.2, 0.25) is 5.91 Å². The number of carbonyl (C=O) groups is 2. The minimum Gasteiger partial charge on any atom is -0.358 e. The van der Waals surface area contributed by atoms with Crippen molar-refractivity contribution in [3.8, 4) is 0 Å². The second-order valence-corrected chi connectivity index (χ2v) is 8.66. The Morgan fingerprint density at radius 3 is 2.69 bits per heavy atom. The Hall–Kier alpha value is -3.39. The van der Waals surface area contributed by atoms with E-state index in [4.69, 9.17) is 11.6 Å². The van der Waals surface area contributed by atoms with Gasteiger partial charge in [-0.05, 0) is 24.1 Å². The SMILES string of the molecule is CC(C)[C@H](NC(=O)c1ccc(Cl)c([N+](=O)[O-])c1)C(=O)N1CCc2[nH]c3ccccc3c2C1. The molecule has 4 rings (SSSR count). The van der Waals surface area contributed by atoms with Crippen LogP contribution in [0.5, 0.6) is 0 Å². The van der Waals surface area contributed by atoms with Crippen LogP contribution in [0.1, 0.15) is 35.5 Å². The Balaban J connectivity index is 1.54. The van der Waals surface area contributed by atoms with E-state index in [0.29, 0.717) is 19.5 Å². The average molecular weight is 455 g/mol. The fraction of sp³-hybridized carbons (Fsp3) is 0.304. The third-order valence-electron chi connectivity index (χ3n) is 5.82. The molecule has 1 aromatic heterocycles. The molecule has 2 amide bonds. The molecule has 32 heavy (non-hydrogen) atoms. The predicted molar refractivity (Wildman–Crippen MR) is 122 cm³/mol. The molecule has 0 unspecified atom stereocenters. The number of aromatic amines is 1. The maximum atomic E-state index is 13.4. The molecule has 0 saturated carbocycles. The normalized spacial score (nSPS) is 14.3.